The number of nitrogens with one attached hydrogen (secondary N) is 2. The Bertz CT molecular complexity index is 1210. The lowest BCUT2D eigenvalue weighted by atomic mass is 10.1. The molecule has 0 aliphatic carbocycles. The summed E-state index contributed by atoms with van der Waals surface area (Å²) in [6.07, 6.45) is 0. The van der Waals surface area contributed by atoms with Crippen molar-refractivity contribution < 1.29 is 17.6 Å². The fourth-order valence-corrected chi connectivity index (χ4v) is 4.31. The SMILES string of the molecule is CNC(=O)Nc1ccc(-c2nc(N)cc(C(C)(C)S(=O)(=O)c3ccc(F)cc3)n2)cc1. The van der Waals surface area contributed by atoms with Crippen LogP contribution in [0.15, 0.2) is 59.5 Å². The molecule has 0 radical (unpaired) electrons. The largest absolute Gasteiger partial charge is 0.384 e. The Morgan fingerprint density at radius 3 is 2.23 bits per heavy atom. The van der Waals surface area contributed by atoms with Gasteiger partial charge in [-0.1, -0.05) is 0 Å². The van der Waals surface area contributed by atoms with Crippen molar-refractivity contribution >= 4 is 27.4 Å². The average Bonchev–Trinajstić information content (AvgIpc) is 2.74. The highest BCUT2D eigenvalue weighted by atomic mass is 32.2. The highest BCUT2D eigenvalue weighted by Crippen LogP contribution is 2.35. The van der Waals surface area contributed by atoms with Gasteiger partial charge >= 0.3 is 6.03 Å². The molecule has 0 aliphatic rings. The van der Waals surface area contributed by atoms with E-state index in [-0.39, 0.29) is 28.3 Å². The van der Waals surface area contributed by atoms with E-state index in [2.05, 4.69) is 20.6 Å². The monoisotopic (exact) mass is 443 g/mol. The molecule has 10 heteroatoms. The molecule has 3 aromatic rings. The van der Waals surface area contributed by atoms with E-state index >= 15 is 0 Å². The van der Waals surface area contributed by atoms with Gasteiger partial charge in [0.05, 0.1) is 10.6 Å². The first kappa shape index (κ1) is 22.2. The van der Waals surface area contributed by atoms with Crippen molar-refractivity contribution in [1.82, 2.24) is 15.3 Å². The third kappa shape index (κ3) is 4.48. The van der Waals surface area contributed by atoms with Crippen molar-refractivity contribution in [3.05, 3.63) is 66.1 Å². The highest BCUT2D eigenvalue weighted by molar-refractivity contribution is 7.92. The van der Waals surface area contributed by atoms with E-state index in [1.54, 1.807) is 24.3 Å². The molecule has 1 heterocycles. The van der Waals surface area contributed by atoms with Crippen LogP contribution in [0.5, 0.6) is 0 Å². The predicted molar refractivity (Wildman–Crippen MR) is 117 cm³/mol. The molecule has 2 aromatic carbocycles. The lowest BCUT2D eigenvalue weighted by molar-refractivity contribution is 0.254. The summed E-state index contributed by atoms with van der Waals surface area (Å²) in [5.41, 5.74) is 7.30. The Kier molecular flexibility index (Phi) is 5.94. The molecule has 0 saturated carbocycles. The molecular formula is C21H22FN5O3S. The first-order valence-corrected chi connectivity index (χ1v) is 10.8. The Labute approximate surface area is 179 Å². The van der Waals surface area contributed by atoms with Crippen LogP contribution in [0.4, 0.5) is 20.7 Å². The number of sulfone groups is 1. The molecule has 8 nitrogen and oxygen atoms in total. The van der Waals surface area contributed by atoms with Crippen molar-refractivity contribution in [2.75, 3.05) is 18.1 Å². The number of benzene rings is 2. The number of hydrogen-bond acceptors (Lipinski definition) is 6. The minimum absolute atomic E-state index is 0.0257. The van der Waals surface area contributed by atoms with Crippen LogP contribution in [0.3, 0.4) is 0 Å². The first-order chi connectivity index (χ1) is 14.5. The van der Waals surface area contributed by atoms with Crippen LogP contribution in [-0.4, -0.2) is 31.5 Å². The molecular weight excluding hydrogens is 421 g/mol. The van der Waals surface area contributed by atoms with E-state index < -0.39 is 20.4 Å². The van der Waals surface area contributed by atoms with Crippen LogP contribution < -0.4 is 16.4 Å². The van der Waals surface area contributed by atoms with E-state index in [1.807, 2.05) is 0 Å². The van der Waals surface area contributed by atoms with Gasteiger partial charge in [-0.15, -0.1) is 0 Å². The lowest BCUT2D eigenvalue weighted by Crippen LogP contribution is -2.31. The van der Waals surface area contributed by atoms with Crippen LogP contribution in [0.2, 0.25) is 0 Å². The summed E-state index contributed by atoms with van der Waals surface area (Å²) < 4.78 is 38.2. The second-order valence-electron chi connectivity index (χ2n) is 7.25. The number of rotatable bonds is 5. The normalized spacial score (nSPS) is 11.7. The van der Waals surface area contributed by atoms with Gasteiger partial charge in [0.25, 0.3) is 0 Å². The molecule has 162 valence electrons. The number of nitrogens with zero attached hydrogens (tertiary/aromatic N) is 2. The smallest absolute Gasteiger partial charge is 0.318 e. The molecule has 0 spiro atoms. The summed E-state index contributed by atoms with van der Waals surface area (Å²) in [6, 6.07) is 12.4. The zero-order chi connectivity index (χ0) is 22.8. The zero-order valence-corrected chi connectivity index (χ0v) is 18.0. The van der Waals surface area contributed by atoms with Gasteiger partial charge in [0, 0.05) is 24.4 Å². The van der Waals surface area contributed by atoms with Crippen LogP contribution in [0, 0.1) is 5.82 Å². The maximum absolute atomic E-state index is 13.2. The summed E-state index contributed by atoms with van der Waals surface area (Å²) in [7, 11) is -2.41. The predicted octanol–water partition coefficient (Wildman–Crippen LogP) is 3.33. The standard InChI is InChI=1S/C21H22FN5O3S/c1-21(2,31(29,30)16-10-6-14(22)7-11-16)17-12-18(23)27-19(26-17)13-4-8-15(9-5-13)25-20(28)24-3/h4-12H,1-3H3,(H2,23,26,27)(H2,24,25,28). The first-order valence-electron chi connectivity index (χ1n) is 9.29. The molecule has 0 saturated heterocycles. The van der Waals surface area contributed by atoms with E-state index in [0.29, 0.717) is 11.3 Å². The fourth-order valence-electron chi connectivity index (χ4n) is 2.85. The van der Waals surface area contributed by atoms with E-state index in [0.717, 1.165) is 12.1 Å². The van der Waals surface area contributed by atoms with Gasteiger partial charge in [0.15, 0.2) is 15.7 Å². The van der Waals surface area contributed by atoms with Gasteiger partial charge in [0.1, 0.15) is 16.4 Å². The number of nitrogen functional groups attached to an aromatic ring is 1. The molecule has 0 fully saturated rings. The Hall–Kier alpha value is -3.53. The number of halogens is 1. The quantitative estimate of drug-likeness (QED) is 0.519. The summed E-state index contributed by atoms with van der Waals surface area (Å²) >= 11 is 0. The number of urea groups is 1. The summed E-state index contributed by atoms with van der Waals surface area (Å²) in [5.74, 6) is -0.182. The van der Waals surface area contributed by atoms with Gasteiger partial charge in [-0.3, -0.25) is 0 Å². The van der Waals surface area contributed by atoms with Gasteiger partial charge < -0.3 is 16.4 Å². The molecule has 2 amide bonds. The second kappa shape index (κ2) is 8.31. The Balaban J connectivity index is 2.00. The number of hydrogen-bond donors (Lipinski definition) is 3. The second-order valence-corrected chi connectivity index (χ2v) is 9.75. The van der Waals surface area contributed by atoms with Crippen molar-refractivity contribution in [3.8, 4) is 11.4 Å². The van der Waals surface area contributed by atoms with Crippen molar-refractivity contribution in [1.29, 1.82) is 0 Å². The average molecular weight is 444 g/mol. The summed E-state index contributed by atoms with van der Waals surface area (Å²) in [6.45, 7) is 3.02. The Morgan fingerprint density at radius 1 is 1.03 bits per heavy atom. The Morgan fingerprint density at radius 2 is 1.65 bits per heavy atom. The van der Waals surface area contributed by atoms with Crippen LogP contribution in [0.25, 0.3) is 11.4 Å². The number of carbonyl (C=O) groups excluding carboxylic acids is 1. The van der Waals surface area contributed by atoms with Crippen LogP contribution in [-0.2, 0) is 14.6 Å². The van der Waals surface area contributed by atoms with Crippen molar-refractivity contribution in [2.24, 2.45) is 0 Å². The van der Waals surface area contributed by atoms with E-state index in [1.165, 1.54) is 39.1 Å². The molecule has 0 bridgehead atoms. The van der Waals surface area contributed by atoms with Gasteiger partial charge in [-0.05, 0) is 62.4 Å². The van der Waals surface area contributed by atoms with Crippen molar-refractivity contribution in [3.63, 3.8) is 0 Å². The lowest BCUT2D eigenvalue weighted by Gasteiger charge is -2.25. The van der Waals surface area contributed by atoms with Gasteiger partial charge in [-0.2, -0.15) is 0 Å². The van der Waals surface area contributed by atoms with Crippen molar-refractivity contribution in [2.45, 2.75) is 23.5 Å². The summed E-state index contributed by atoms with van der Waals surface area (Å²) in [4.78, 5) is 20.1. The third-order valence-corrected chi connectivity index (χ3v) is 7.23. The minimum Gasteiger partial charge on any atom is -0.384 e. The van der Waals surface area contributed by atoms with Gasteiger partial charge in [-0.25, -0.2) is 27.6 Å². The molecule has 0 unspecified atom stereocenters. The molecule has 1 aromatic heterocycles. The zero-order valence-electron chi connectivity index (χ0n) is 17.2. The minimum atomic E-state index is -3.91. The maximum atomic E-state index is 13.2. The highest BCUT2D eigenvalue weighted by Gasteiger charge is 2.39. The number of nitrogens with two attached hydrogens (primary N) is 1. The molecule has 0 aliphatic heterocycles. The van der Waals surface area contributed by atoms with E-state index in [4.69, 9.17) is 5.73 Å². The molecule has 0 atom stereocenters. The number of aromatic nitrogens is 2. The van der Waals surface area contributed by atoms with Crippen LogP contribution >= 0.6 is 0 Å². The van der Waals surface area contributed by atoms with Gasteiger partial charge in [0.2, 0.25) is 0 Å². The number of amides is 2. The van der Waals surface area contributed by atoms with Crippen LogP contribution in [0.1, 0.15) is 19.5 Å². The molecule has 4 N–H and O–H groups in total. The number of carbonyl (C=O) groups is 1. The maximum Gasteiger partial charge on any atom is 0.318 e. The molecule has 31 heavy (non-hydrogen) atoms. The molecule has 3 rings (SSSR count). The topological polar surface area (TPSA) is 127 Å². The number of anilines is 2. The third-order valence-electron chi connectivity index (χ3n) is 4.79. The summed E-state index contributed by atoms with van der Waals surface area (Å²) in [5, 5.41) is 5.09. The van der Waals surface area contributed by atoms with E-state index in [9.17, 15) is 17.6 Å². The fraction of sp³-hybridized carbons (Fsp3) is 0.190.